The van der Waals surface area contributed by atoms with E-state index in [2.05, 4.69) is 132 Å². The Kier molecular flexibility index (Phi) is 13.0. The molecule has 5 heteroatoms. The van der Waals surface area contributed by atoms with E-state index in [1.165, 1.54) is 36.0 Å². The van der Waals surface area contributed by atoms with Crippen LogP contribution in [0.1, 0.15) is 89.3 Å². The van der Waals surface area contributed by atoms with Crippen LogP contribution in [-0.4, -0.2) is 31.3 Å². The molecule has 3 aromatic rings. The van der Waals surface area contributed by atoms with Crippen LogP contribution in [0.5, 0.6) is 0 Å². The maximum Gasteiger partial charge on any atom is 0.306 e. The van der Waals surface area contributed by atoms with E-state index in [0.717, 1.165) is 12.8 Å². The van der Waals surface area contributed by atoms with E-state index in [-0.39, 0.29) is 11.1 Å². The smallest absolute Gasteiger partial charge is 0.306 e. The molecule has 0 spiro atoms. The molecule has 228 valence electrons. The van der Waals surface area contributed by atoms with Crippen molar-refractivity contribution in [1.82, 2.24) is 0 Å². The van der Waals surface area contributed by atoms with E-state index in [4.69, 9.17) is 4.43 Å². The van der Waals surface area contributed by atoms with Gasteiger partial charge in [0.2, 0.25) is 0 Å². The van der Waals surface area contributed by atoms with Crippen molar-refractivity contribution in [2.75, 3.05) is 5.75 Å². The molecule has 3 rings (SSSR count). The van der Waals surface area contributed by atoms with Crippen molar-refractivity contribution in [1.29, 1.82) is 0 Å². The molecule has 0 saturated carbocycles. The van der Waals surface area contributed by atoms with Crippen molar-refractivity contribution in [3.05, 3.63) is 108 Å². The molecule has 0 aliphatic rings. The number of hydrogen-bond donors (Lipinski definition) is 1. The first-order chi connectivity index (χ1) is 20.0. The number of benzene rings is 3. The summed E-state index contributed by atoms with van der Waals surface area (Å²) >= 11 is 1.88. The minimum atomic E-state index is -2.16. The molecule has 1 unspecified atom stereocenters. The normalized spacial score (nSPS) is 14.0. The minimum Gasteiger partial charge on any atom is -0.481 e. The van der Waals surface area contributed by atoms with E-state index in [0.29, 0.717) is 18.6 Å². The number of carboxylic acids is 1. The van der Waals surface area contributed by atoms with Crippen molar-refractivity contribution >= 4 is 26.0 Å². The van der Waals surface area contributed by atoms with Crippen LogP contribution in [0.15, 0.2) is 91.0 Å². The van der Waals surface area contributed by atoms with Gasteiger partial charge in [-0.2, -0.15) is 0 Å². The average molecular weight is 605 g/mol. The Morgan fingerprint density at radius 3 is 1.64 bits per heavy atom. The Hall–Kier alpha value is -2.34. The van der Waals surface area contributed by atoms with Crippen LogP contribution in [0.2, 0.25) is 18.1 Å². The van der Waals surface area contributed by atoms with Crippen LogP contribution in [0.4, 0.5) is 0 Å². The first-order valence-electron chi connectivity index (χ1n) is 15.7. The SMILES string of the molecule is CCCCCCCC(C[C@@H](CSC(c1ccccc1)(c1ccccc1)c1ccccc1)O[Si](C)(C)C(C)(C)C)C(=O)O. The van der Waals surface area contributed by atoms with Gasteiger partial charge in [-0.05, 0) is 47.7 Å². The third-order valence-corrected chi connectivity index (χ3v) is 15.1. The molecule has 0 bridgehead atoms. The lowest BCUT2D eigenvalue weighted by atomic mass is 9.84. The number of carboxylic acid groups (broad SMARTS) is 1. The molecule has 42 heavy (non-hydrogen) atoms. The average Bonchev–Trinajstić information content (AvgIpc) is 2.97. The topological polar surface area (TPSA) is 46.5 Å². The van der Waals surface area contributed by atoms with Gasteiger partial charge in [0.1, 0.15) is 0 Å². The fourth-order valence-electron chi connectivity index (χ4n) is 5.38. The molecular weight excluding hydrogens is 553 g/mol. The fraction of sp³-hybridized carbons (Fsp3) is 0.486. The van der Waals surface area contributed by atoms with Crippen LogP contribution in [-0.2, 0) is 14.0 Å². The molecule has 0 radical (unpaired) electrons. The lowest BCUT2D eigenvalue weighted by molar-refractivity contribution is -0.143. The second-order valence-corrected chi connectivity index (χ2v) is 19.1. The molecule has 0 fully saturated rings. The summed E-state index contributed by atoms with van der Waals surface area (Å²) in [6.07, 6.45) is 6.72. The van der Waals surface area contributed by atoms with Gasteiger partial charge in [0.25, 0.3) is 0 Å². The summed E-state index contributed by atoms with van der Waals surface area (Å²) in [5.74, 6) is -0.397. The summed E-state index contributed by atoms with van der Waals surface area (Å²) < 4.78 is 6.63. The molecule has 3 nitrogen and oxygen atoms in total. The maximum atomic E-state index is 12.5. The maximum absolute atomic E-state index is 12.5. The quantitative estimate of drug-likeness (QED) is 0.0946. The Morgan fingerprint density at radius 1 is 0.786 bits per heavy atom. The Morgan fingerprint density at radius 2 is 1.24 bits per heavy atom. The van der Waals surface area contributed by atoms with Crippen LogP contribution in [0.3, 0.4) is 0 Å². The number of carbonyl (C=O) groups is 1. The fourth-order valence-corrected chi connectivity index (χ4v) is 8.42. The molecule has 0 saturated heterocycles. The van der Waals surface area contributed by atoms with Gasteiger partial charge in [0.05, 0.1) is 16.8 Å². The highest BCUT2D eigenvalue weighted by molar-refractivity contribution is 8.00. The van der Waals surface area contributed by atoms with Crippen LogP contribution < -0.4 is 0 Å². The summed E-state index contributed by atoms with van der Waals surface area (Å²) in [5.41, 5.74) is 3.64. The number of rotatable bonds is 17. The zero-order valence-electron chi connectivity index (χ0n) is 26.6. The molecule has 2 atom stereocenters. The largest absolute Gasteiger partial charge is 0.481 e. The van der Waals surface area contributed by atoms with Gasteiger partial charge in [0.15, 0.2) is 8.32 Å². The van der Waals surface area contributed by atoms with Gasteiger partial charge in [-0.3, -0.25) is 4.79 Å². The van der Waals surface area contributed by atoms with Gasteiger partial charge in [0, 0.05) is 5.75 Å². The van der Waals surface area contributed by atoms with E-state index in [9.17, 15) is 9.90 Å². The highest BCUT2D eigenvalue weighted by Gasteiger charge is 2.42. The van der Waals surface area contributed by atoms with Gasteiger partial charge in [-0.1, -0.05) is 151 Å². The molecule has 0 aromatic heterocycles. The number of hydrogen-bond acceptors (Lipinski definition) is 3. The highest BCUT2D eigenvalue weighted by Crippen LogP contribution is 2.49. The van der Waals surface area contributed by atoms with Crippen molar-refractivity contribution in [2.45, 2.75) is 102 Å². The van der Waals surface area contributed by atoms with Crippen LogP contribution >= 0.6 is 11.8 Å². The van der Waals surface area contributed by atoms with Gasteiger partial charge < -0.3 is 9.53 Å². The monoisotopic (exact) mass is 604 g/mol. The van der Waals surface area contributed by atoms with Crippen molar-refractivity contribution < 1.29 is 14.3 Å². The summed E-state index contributed by atoms with van der Waals surface area (Å²) in [5, 5.41) is 10.3. The standard InChI is InChI=1S/C37H52O3SSi/c1-7-8-9-10-14-21-30(35(38)39)28-34(40-42(5,6)36(2,3)4)29-41-37(31-22-15-11-16-23-31,32-24-17-12-18-25-32)33-26-19-13-20-27-33/h11-13,15-20,22-27,30,34H,7-10,14,21,28-29H2,1-6H3,(H,38,39)/t30?,34-/m0/s1. The molecule has 0 heterocycles. The summed E-state index contributed by atoms with van der Waals surface area (Å²) in [6, 6.07) is 32.2. The molecule has 3 aromatic carbocycles. The third-order valence-electron chi connectivity index (χ3n) is 8.85. The second-order valence-electron chi connectivity index (χ2n) is 13.1. The van der Waals surface area contributed by atoms with E-state index < -0.39 is 25.0 Å². The van der Waals surface area contributed by atoms with Gasteiger partial charge >= 0.3 is 5.97 Å². The van der Waals surface area contributed by atoms with Crippen LogP contribution in [0, 0.1) is 5.92 Å². The van der Waals surface area contributed by atoms with Crippen molar-refractivity contribution in [3.63, 3.8) is 0 Å². The van der Waals surface area contributed by atoms with Crippen molar-refractivity contribution in [2.24, 2.45) is 5.92 Å². The second kappa shape index (κ2) is 15.9. The van der Waals surface area contributed by atoms with E-state index in [1.807, 2.05) is 11.8 Å². The third kappa shape index (κ3) is 9.08. The Labute approximate surface area is 260 Å². The molecule has 0 aliphatic carbocycles. The summed E-state index contributed by atoms with van der Waals surface area (Å²) in [6.45, 7) is 13.5. The minimum absolute atomic E-state index is 0.0319. The van der Waals surface area contributed by atoms with Gasteiger partial charge in [-0.15, -0.1) is 11.8 Å². The molecular formula is C37H52O3SSi. The zero-order chi connectivity index (χ0) is 30.6. The Balaban J connectivity index is 2.01. The summed E-state index contributed by atoms with van der Waals surface area (Å²) in [4.78, 5) is 12.5. The van der Waals surface area contributed by atoms with E-state index >= 15 is 0 Å². The zero-order valence-corrected chi connectivity index (χ0v) is 28.5. The molecule has 0 amide bonds. The van der Waals surface area contributed by atoms with Crippen molar-refractivity contribution in [3.8, 4) is 0 Å². The van der Waals surface area contributed by atoms with Crippen LogP contribution in [0.25, 0.3) is 0 Å². The summed E-state index contributed by atoms with van der Waals surface area (Å²) in [7, 11) is -2.16. The molecule has 0 aliphatic heterocycles. The molecule has 1 N–H and O–H groups in total. The Bertz CT molecular complexity index is 1100. The number of aliphatic carboxylic acids is 1. The first kappa shape index (κ1) is 34.2. The number of thioether (sulfide) groups is 1. The first-order valence-corrected chi connectivity index (χ1v) is 19.6. The van der Waals surface area contributed by atoms with E-state index in [1.54, 1.807) is 0 Å². The predicted octanol–water partition coefficient (Wildman–Crippen LogP) is 10.6. The highest BCUT2D eigenvalue weighted by atomic mass is 32.2. The van der Waals surface area contributed by atoms with Gasteiger partial charge in [-0.25, -0.2) is 0 Å². The lowest BCUT2D eigenvalue weighted by Crippen LogP contribution is -2.45. The number of unbranched alkanes of at least 4 members (excludes halogenated alkanes) is 4. The predicted molar refractivity (Wildman–Crippen MR) is 183 cm³/mol. The lowest BCUT2D eigenvalue weighted by Gasteiger charge is -2.41.